The molecule has 31 heavy (non-hydrogen) atoms. The lowest BCUT2D eigenvalue weighted by atomic mass is 9.73. The molecular formula is C22H34N2O7. The van der Waals surface area contributed by atoms with Crippen LogP contribution in [0.5, 0.6) is 0 Å². The highest BCUT2D eigenvalue weighted by Crippen LogP contribution is 2.51. The molecule has 2 aliphatic carbocycles. The molecule has 6 unspecified atom stereocenters. The summed E-state index contributed by atoms with van der Waals surface area (Å²) >= 11 is 0. The van der Waals surface area contributed by atoms with E-state index < -0.39 is 35.2 Å². The third-order valence-electron chi connectivity index (χ3n) is 7.30. The van der Waals surface area contributed by atoms with Gasteiger partial charge in [0.05, 0.1) is 31.0 Å². The van der Waals surface area contributed by atoms with Crippen LogP contribution in [0.3, 0.4) is 0 Å². The van der Waals surface area contributed by atoms with Gasteiger partial charge in [-0.25, -0.2) is 0 Å². The van der Waals surface area contributed by atoms with Crippen LogP contribution in [0.2, 0.25) is 0 Å². The molecule has 174 valence electrons. The maximum Gasteiger partial charge on any atom is 0.309 e. The van der Waals surface area contributed by atoms with Gasteiger partial charge in [0.15, 0.2) is 0 Å². The minimum Gasteiger partial charge on any atom is -0.481 e. The van der Waals surface area contributed by atoms with E-state index in [0.717, 1.165) is 12.8 Å². The molecular weight excluding hydrogens is 404 g/mol. The van der Waals surface area contributed by atoms with E-state index >= 15 is 0 Å². The summed E-state index contributed by atoms with van der Waals surface area (Å²) in [5, 5.41) is 21.7. The summed E-state index contributed by atoms with van der Waals surface area (Å²) < 4.78 is 5.55. The summed E-state index contributed by atoms with van der Waals surface area (Å²) in [5.74, 6) is -3.34. The normalized spacial score (nSPS) is 35.1. The first-order valence-electron chi connectivity index (χ1n) is 11.3. The second-order valence-electron chi connectivity index (χ2n) is 9.53. The van der Waals surface area contributed by atoms with Crippen LogP contribution >= 0.6 is 0 Å². The van der Waals surface area contributed by atoms with Crippen LogP contribution < -0.4 is 5.32 Å². The smallest absolute Gasteiger partial charge is 0.309 e. The van der Waals surface area contributed by atoms with E-state index in [9.17, 15) is 29.4 Å². The number of hydrogen-bond acceptors (Lipinski definition) is 5. The first-order valence-corrected chi connectivity index (χ1v) is 11.3. The largest absolute Gasteiger partial charge is 0.481 e. The number of rotatable bonds is 9. The Hall–Kier alpha value is -2.16. The highest BCUT2D eigenvalue weighted by molar-refractivity contribution is 6.06. The van der Waals surface area contributed by atoms with E-state index in [1.54, 1.807) is 4.90 Å². The van der Waals surface area contributed by atoms with Crippen molar-refractivity contribution < 1.29 is 34.1 Å². The van der Waals surface area contributed by atoms with Gasteiger partial charge >= 0.3 is 11.9 Å². The number of nitrogens with one attached hydrogen (secondary N) is 1. The van der Waals surface area contributed by atoms with E-state index in [0.29, 0.717) is 44.1 Å². The van der Waals surface area contributed by atoms with Gasteiger partial charge in [0.25, 0.3) is 0 Å². The molecule has 0 bridgehead atoms. The molecule has 1 spiro atoms. The lowest BCUT2D eigenvalue weighted by Gasteiger charge is -2.31. The van der Waals surface area contributed by atoms with Gasteiger partial charge in [-0.1, -0.05) is 13.8 Å². The van der Waals surface area contributed by atoms with E-state index in [-0.39, 0.29) is 31.6 Å². The Morgan fingerprint density at radius 3 is 2.42 bits per heavy atom. The Balaban J connectivity index is 1.39. The molecule has 3 N–H and O–H groups in total. The molecule has 1 saturated heterocycles. The molecule has 2 amide bonds. The van der Waals surface area contributed by atoms with Gasteiger partial charge in [-0.2, -0.15) is 0 Å². The maximum atomic E-state index is 12.5. The SMILES string of the molecule is CC1CCC(C(=O)O)C(C(=O)NCCOCCN2C(=O)C23CC(C)CCC3C(=O)O)C1. The van der Waals surface area contributed by atoms with Crippen LogP contribution in [0.25, 0.3) is 0 Å². The zero-order chi connectivity index (χ0) is 22.8. The first-order chi connectivity index (χ1) is 14.7. The number of carboxylic acids is 2. The van der Waals surface area contributed by atoms with Gasteiger partial charge in [-0.3, -0.25) is 19.2 Å². The molecule has 1 heterocycles. The zero-order valence-electron chi connectivity index (χ0n) is 18.3. The number of aliphatic carboxylic acids is 2. The average molecular weight is 439 g/mol. The number of hydrogen-bond donors (Lipinski definition) is 3. The van der Waals surface area contributed by atoms with Crippen molar-refractivity contribution in [1.82, 2.24) is 10.2 Å². The molecule has 0 radical (unpaired) electrons. The van der Waals surface area contributed by atoms with Crippen LogP contribution in [0.4, 0.5) is 0 Å². The van der Waals surface area contributed by atoms with Crippen LogP contribution in [0, 0.1) is 29.6 Å². The standard InChI is InChI=1S/C22H34N2O7/c1-13-3-5-15(19(26)27)16(11-13)18(25)23-7-9-31-10-8-24-21(30)22(24)12-14(2)4-6-17(22)20(28)29/h13-17H,3-12H2,1-2H3,(H,23,25)(H,26,27)(H,28,29). The molecule has 6 atom stereocenters. The van der Waals surface area contributed by atoms with E-state index in [1.807, 2.05) is 13.8 Å². The van der Waals surface area contributed by atoms with Crippen LogP contribution in [0.1, 0.15) is 52.4 Å². The number of nitrogens with zero attached hydrogens (tertiary/aromatic N) is 1. The van der Waals surface area contributed by atoms with Crippen molar-refractivity contribution in [3.8, 4) is 0 Å². The van der Waals surface area contributed by atoms with Crippen molar-refractivity contribution in [1.29, 1.82) is 0 Å². The Morgan fingerprint density at radius 2 is 1.74 bits per heavy atom. The lowest BCUT2D eigenvalue weighted by molar-refractivity contribution is -0.149. The predicted octanol–water partition coefficient (Wildman–Crippen LogP) is 1.36. The molecule has 9 heteroatoms. The minimum atomic E-state index is -0.919. The summed E-state index contributed by atoms with van der Waals surface area (Å²) in [6.07, 6.45) is 3.82. The predicted molar refractivity (Wildman–Crippen MR) is 110 cm³/mol. The van der Waals surface area contributed by atoms with Gasteiger partial charge < -0.3 is 25.2 Å². The molecule has 9 nitrogen and oxygen atoms in total. The van der Waals surface area contributed by atoms with Crippen LogP contribution in [0.15, 0.2) is 0 Å². The molecule has 0 aromatic rings. The van der Waals surface area contributed by atoms with E-state index in [2.05, 4.69) is 5.32 Å². The van der Waals surface area contributed by atoms with Crippen molar-refractivity contribution in [3.63, 3.8) is 0 Å². The average Bonchev–Trinajstić information content (AvgIpc) is 3.24. The number of ether oxygens (including phenoxy) is 1. The quantitative estimate of drug-likeness (QED) is 0.366. The van der Waals surface area contributed by atoms with E-state index in [1.165, 1.54) is 0 Å². The first kappa shape index (κ1) is 23.5. The van der Waals surface area contributed by atoms with Crippen molar-refractivity contribution in [2.45, 2.75) is 57.9 Å². The summed E-state index contributed by atoms with van der Waals surface area (Å²) in [6.45, 7) is 5.20. The monoisotopic (exact) mass is 438 g/mol. The number of carbonyl (C=O) groups excluding carboxylic acids is 2. The van der Waals surface area contributed by atoms with Crippen molar-refractivity contribution in [2.75, 3.05) is 26.3 Å². The molecule has 3 fully saturated rings. The number of carboxylic acid groups (broad SMARTS) is 2. The van der Waals surface area contributed by atoms with Gasteiger partial charge in [-0.05, 0) is 50.4 Å². The fourth-order valence-corrected chi connectivity index (χ4v) is 5.55. The lowest BCUT2D eigenvalue weighted by Crippen LogP contribution is -2.42. The van der Waals surface area contributed by atoms with Gasteiger partial charge in [0.1, 0.15) is 5.54 Å². The molecule has 0 aromatic carbocycles. The summed E-state index contributed by atoms with van der Waals surface area (Å²) in [4.78, 5) is 49.6. The highest BCUT2D eigenvalue weighted by Gasteiger charge is 2.69. The molecule has 1 aliphatic heterocycles. The molecule has 2 saturated carbocycles. The summed E-state index contributed by atoms with van der Waals surface area (Å²) in [7, 11) is 0. The fourth-order valence-electron chi connectivity index (χ4n) is 5.55. The minimum absolute atomic E-state index is 0.102. The number of carbonyl (C=O) groups is 4. The highest BCUT2D eigenvalue weighted by atomic mass is 16.5. The fraction of sp³-hybridized carbons (Fsp3) is 0.818. The van der Waals surface area contributed by atoms with Crippen molar-refractivity contribution in [2.24, 2.45) is 29.6 Å². The third kappa shape index (κ3) is 4.86. The Labute approximate surface area is 182 Å². The summed E-state index contributed by atoms with van der Waals surface area (Å²) in [5.41, 5.74) is -0.870. The van der Waals surface area contributed by atoms with Crippen LogP contribution in [-0.4, -0.2) is 70.7 Å². The molecule has 3 rings (SSSR count). The summed E-state index contributed by atoms with van der Waals surface area (Å²) in [6, 6.07) is 0. The second-order valence-corrected chi connectivity index (χ2v) is 9.53. The second kappa shape index (κ2) is 9.54. The van der Waals surface area contributed by atoms with Crippen molar-refractivity contribution >= 4 is 23.8 Å². The Morgan fingerprint density at radius 1 is 1.03 bits per heavy atom. The van der Waals surface area contributed by atoms with Crippen LogP contribution in [-0.2, 0) is 23.9 Å². The molecule has 0 aromatic heterocycles. The van der Waals surface area contributed by atoms with Crippen molar-refractivity contribution in [3.05, 3.63) is 0 Å². The topological polar surface area (TPSA) is 133 Å². The Bertz CT molecular complexity index is 727. The van der Waals surface area contributed by atoms with Gasteiger partial charge in [0, 0.05) is 13.1 Å². The number of amides is 2. The zero-order valence-corrected chi connectivity index (χ0v) is 18.3. The Kier molecular flexibility index (Phi) is 7.24. The van der Waals surface area contributed by atoms with Gasteiger partial charge in [0.2, 0.25) is 11.8 Å². The molecule has 3 aliphatic rings. The maximum absolute atomic E-state index is 12.5. The third-order valence-corrected chi connectivity index (χ3v) is 7.30. The van der Waals surface area contributed by atoms with E-state index in [4.69, 9.17) is 4.74 Å². The van der Waals surface area contributed by atoms with Gasteiger partial charge in [-0.15, -0.1) is 0 Å².